The zero-order valence-electron chi connectivity index (χ0n) is 11.9. The monoisotopic (exact) mass is 304 g/mol. The first-order valence-corrected chi connectivity index (χ1v) is 7.38. The van der Waals surface area contributed by atoms with E-state index in [9.17, 15) is 0 Å². The van der Waals surface area contributed by atoms with Gasteiger partial charge in [-0.15, -0.1) is 11.3 Å². The van der Waals surface area contributed by atoms with Crippen molar-refractivity contribution in [2.75, 3.05) is 14.2 Å². The largest absolute Gasteiger partial charge is 0.481 e. The van der Waals surface area contributed by atoms with Crippen molar-refractivity contribution in [1.82, 2.24) is 19.7 Å². The summed E-state index contributed by atoms with van der Waals surface area (Å²) >= 11 is 1.59. The van der Waals surface area contributed by atoms with Gasteiger partial charge in [0.05, 0.1) is 14.2 Å². The molecule has 3 aromatic heterocycles. The lowest BCUT2D eigenvalue weighted by atomic mass is 10.2. The first kappa shape index (κ1) is 13.8. The third-order valence-electron chi connectivity index (χ3n) is 3.17. The van der Waals surface area contributed by atoms with E-state index in [1.165, 1.54) is 0 Å². The minimum Gasteiger partial charge on any atom is -0.481 e. The Kier molecular flexibility index (Phi) is 4.03. The minimum atomic E-state index is 0.644. The van der Waals surface area contributed by atoms with E-state index in [4.69, 9.17) is 9.47 Å². The Morgan fingerprint density at radius 1 is 1.24 bits per heavy atom. The summed E-state index contributed by atoms with van der Waals surface area (Å²) in [5.41, 5.74) is 2.03. The summed E-state index contributed by atoms with van der Waals surface area (Å²) < 4.78 is 12.6. The molecule has 0 unspecified atom stereocenters. The quantitative estimate of drug-likeness (QED) is 0.755. The van der Waals surface area contributed by atoms with Gasteiger partial charge in [-0.25, -0.2) is 4.98 Å². The fraction of sp³-hybridized carbons (Fsp3) is 0.286. The lowest BCUT2D eigenvalue weighted by Crippen LogP contribution is -2.15. The van der Waals surface area contributed by atoms with Gasteiger partial charge in [0.25, 0.3) is 0 Å². The number of nitrogens with zero attached hydrogens (tertiary/aromatic N) is 3. The highest BCUT2D eigenvalue weighted by atomic mass is 32.1. The molecule has 0 saturated heterocycles. The molecule has 0 saturated carbocycles. The van der Waals surface area contributed by atoms with Crippen molar-refractivity contribution < 1.29 is 9.47 Å². The van der Waals surface area contributed by atoms with E-state index in [0.717, 1.165) is 16.2 Å². The van der Waals surface area contributed by atoms with Gasteiger partial charge in [0.2, 0.25) is 11.8 Å². The summed E-state index contributed by atoms with van der Waals surface area (Å²) in [6, 6.07) is 3.89. The molecule has 0 aromatic carbocycles. The van der Waals surface area contributed by atoms with Crippen LogP contribution in [0.25, 0.3) is 4.96 Å². The number of nitrogens with one attached hydrogen (secondary N) is 1. The second-order valence-electron chi connectivity index (χ2n) is 4.40. The highest BCUT2D eigenvalue weighted by Crippen LogP contribution is 2.23. The van der Waals surface area contributed by atoms with Crippen molar-refractivity contribution in [2.45, 2.75) is 13.1 Å². The molecule has 0 spiro atoms. The average molecular weight is 304 g/mol. The van der Waals surface area contributed by atoms with E-state index in [2.05, 4.69) is 15.3 Å². The van der Waals surface area contributed by atoms with Gasteiger partial charge in [0.1, 0.15) is 5.69 Å². The molecule has 7 heteroatoms. The molecule has 0 amide bonds. The number of fused-ring (bicyclic) bond motifs is 1. The van der Waals surface area contributed by atoms with Crippen molar-refractivity contribution in [2.24, 2.45) is 0 Å². The fourth-order valence-electron chi connectivity index (χ4n) is 2.20. The number of aromatic nitrogens is 3. The normalized spacial score (nSPS) is 11.0. The van der Waals surface area contributed by atoms with Crippen molar-refractivity contribution in [1.29, 1.82) is 0 Å². The Labute approximate surface area is 126 Å². The maximum absolute atomic E-state index is 5.33. The number of hydrogen-bond donors (Lipinski definition) is 1. The number of hydrogen-bond acceptors (Lipinski definition) is 6. The zero-order valence-corrected chi connectivity index (χ0v) is 12.7. The van der Waals surface area contributed by atoms with Crippen LogP contribution in [0, 0.1) is 0 Å². The van der Waals surface area contributed by atoms with Crippen LogP contribution in [0.2, 0.25) is 0 Å². The Balaban J connectivity index is 1.73. The zero-order chi connectivity index (χ0) is 14.7. The van der Waals surface area contributed by atoms with Crippen LogP contribution in [-0.4, -0.2) is 28.6 Å². The van der Waals surface area contributed by atoms with Crippen molar-refractivity contribution in [3.8, 4) is 11.8 Å². The molecule has 0 bridgehead atoms. The molecule has 3 aromatic rings. The second kappa shape index (κ2) is 6.11. The Hall–Kier alpha value is -2.12. The number of imidazole rings is 1. The summed E-state index contributed by atoms with van der Waals surface area (Å²) in [4.78, 5) is 9.55. The molecule has 0 radical (unpaired) electrons. The highest BCUT2D eigenvalue weighted by molar-refractivity contribution is 7.15. The van der Waals surface area contributed by atoms with Crippen LogP contribution >= 0.6 is 11.3 Å². The molecular formula is C14H16N4O2S. The molecule has 3 heterocycles. The molecule has 1 N–H and O–H groups in total. The van der Waals surface area contributed by atoms with E-state index in [1.807, 2.05) is 28.1 Å². The molecule has 0 atom stereocenters. The summed E-state index contributed by atoms with van der Waals surface area (Å²) in [6.07, 6.45) is 3.72. The van der Waals surface area contributed by atoms with Crippen LogP contribution < -0.4 is 14.8 Å². The van der Waals surface area contributed by atoms with Crippen LogP contribution in [0.4, 0.5) is 0 Å². The van der Waals surface area contributed by atoms with Crippen LogP contribution in [0.5, 0.6) is 11.8 Å². The molecule has 21 heavy (non-hydrogen) atoms. The van der Waals surface area contributed by atoms with E-state index < -0.39 is 0 Å². The first-order chi connectivity index (χ1) is 10.3. The molecule has 6 nitrogen and oxygen atoms in total. The third-order valence-corrected chi connectivity index (χ3v) is 3.93. The second-order valence-corrected chi connectivity index (χ2v) is 5.27. The van der Waals surface area contributed by atoms with E-state index >= 15 is 0 Å². The average Bonchev–Trinajstić information content (AvgIpc) is 3.09. The van der Waals surface area contributed by atoms with Crippen molar-refractivity contribution >= 4 is 16.3 Å². The van der Waals surface area contributed by atoms with Crippen molar-refractivity contribution in [3.63, 3.8) is 0 Å². The standard InChI is InChI=1S/C14H16N4O2S/c1-19-12-10(4-3-5-16-12)8-15-9-11-13(20-2)17-14-18(11)6-7-21-14/h3-7,15H,8-9H2,1-2H3. The van der Waals surface area contributed by atoms with Crippen LogP contribution in [0.1, 0.15) is 11.3 Å². The van der Waals surface area contributed by atoms with Gasteiger partial charge in [-0.05, 0) is 6.07 Å². The topological polar surface area (TPSA) is 60.7 Å². The summed E-state index contributed by atoms with van der Waals surface area (Å²) in [5, 5.41) is 5.39. The Morgan fingerprint density at radius 3 is 2.90 bits per heavy atom. The number of methoxy groups -OCH3 is 2. The number of ether oxygens (including phenoxy) is 2. The minimum absolute atomic E-state index is 0.644. The van der Waals surface area contributed by atoms with Gasteiger partial charge < -0.3 is 14.8 Å². The molecule has 110 valence electrons. The summed E-state index contributed by atoms with van der Waals surface area (Å²) in [7, 11) is 3.26. The maximum atomic E-state index is 5.33. The molecule has 3 rings (SSSR count). The SMILES string of the molecule is COc1ncccc1CNCc1c(OC)nc2sccn12. The van der Waals surface area contributed by atoms with Gasteiger partial charge in [-0.1, -0.05) is 6.07 Å². The number of pyridine rings is 1. The van der Waals surface area contributed by atoms with E-state index in [-0.39, 0.29) is 0 Å². The Bertz CT molecular complexity index is 737. The number of thiazole rings is 1. The summed E-state index contributed by atoms with van der Waals surface area (Å²) in [6.45, 7) is 1.32. The predicted molar refractivity (Wildman–Crippen MR) is 81.0 cm³/mol. The third kappa shape index (κ3) is 2.70. The summed E-state index contributed by atoms with van der Waals surface area (Å²) in [5.74, 6) is 1.30. The smallest absolute Gasteiger partial charge is 0.237 e. The van der Waals surface area contributed by atoms with Crippen molar-refractivity contribution in [3.05, 3.63) is 41.2 Å². The molecule has 0 fully saturated rings. The predicted octanol–water partition coefficient (Wildman–Crippen LogP) is 2.10. The lowest BCUT2D eigenvalue weighted by Gasteiger charge is -2.08. The first-order valence-electron chi connectivity index (χ1n) is 6.50. The molecular weight excluding hydrogens is 288 g/mol. The van der Waals surface area contributed by atoms with Gasteiger partial charge in [-0.2, -0.15) is 4.98 Å². The van der Waals surface area contributed by atoms with Gasteiger partial charge in [0.15, 0.2) is 4.96 Å². The van der Waals surface area contributed by atoms with E-state index in [1.54, 1.807) is 31.8 Å². The fourth-order valence-corrected chi connectivity index (χ4v) is 2.92. The molecule has 0 aliphatic heterocycles. The maximum Gasteiger partial charge on any atom is 0.237 e. The Morgan fingerprint density at radius 2 is 2.10 bits per heavy atom. The van der Waals surface area contributed by atoms with Crippen LogP contribution in [0.3, 0.4) is 0 Å². The highest BCUT2D eigenvalue weighted by Gasteiger charge is 2.13. The van der Waals surface area contributed by atoms with E-state index in [0.29, 0.717) is 24.8 Å². The van der Waals surface area contributed by atoms with Gasteiger partial charge in [0, 0.05) is 36.4 Å². The van der Waals surface area contributed by atoms with Crippen LogP contribution in [0.15, 0.2) is 29.9 Å². The van der Waals surface area contributed by atoms with Crippen LogP contribution in [-0.2, 0) is 13.1 Å². The number of rotatable bonds is 6. The van der Waals surface area contributed by atoms with Gasteiger partial charge >= 0.3 is 0 Å². The van der Waals surface area contributed by atoms with Gasteiger partial charge in [-0.3, -0.25) is 4.40 Å². The molecule has 0 aliphatic carbocycles. The lowest BCUT2D eigenvalue weighted by molar-refractivity contribution is 0.387. The molecule has 0 aliphatic rings.